The molecule has 6 heteroatoms. The molecular weight excluding hydrogens is 252 g/mol. The molecule has 0 bridgehead atoms. The first-order valence-corrected chi connectivity index (χ1v) is 6.10. The molecule has 0 fully saturated rings. The highest BCUT2D eigenvalue weighted by atomic mass is 35.5. The number of rotatable bonds is 3. The molecule has 5 nitrogen and oxygen atoms in total. The Labute approximate surface area is 110 Å². The summed E-state index contributed by atoms with van der Waals surface area (Å²) in [4.78, 5) is 16.2. The zero-order valence-corrected chi connectivity index (χ0v) is 11.3. The molecular formula is C12H15ClN4O. The van der Waals surface area contributed by atoms with E-state index in [0.717, 1.165) is 5.56 Å². The smallest absolute Gasteiger partial charge is 0.255 e. The quantitative estimate of drug-likeness (QED) is 0.796. The average Bonchev–Trinajstić information content (AvgIpc) is 2.67. The Morgan fingerprint density at radius 1 is 1.44 bits per heavy atom. The minimum Gasteiger partial charge on any atom is -0.292 e. The van der Waals surface area contributed by atoms with E-state index in [1.54, 1.807) is 15.4 Å². The van der Waals surface area contributed by atoms with Crippen LogP contribution in [0.25, 0.3) is 0 Å². The maximum atomic E-state index is 12.0. The maximum Gasteiger partial charge on any atom is 0.255 e. The van der Waals surface area contributed by atoms with Crippen LogP contribution in [0.3, 0.4) is 0 Å². The molecule has 0 aromatic carbocycles. The van der Waals surface area contributed by atoms with Crippen LogP contribution in [0.1, 0.15) is 31.2 Å². The van der Waals surface area contributed by atoms with Crippen molar-refractivity contribution in [1.82, 2.24) is 19.3 Å². The van der Waals surface area contributed by atoms with Gasteiger partial charge in [-0.3, -0.25) is 14.0 Å². The molecule has 2 aromatic heterocycles. The van der Waals surface area contributed by atoms with Gasteiger partial charge in [0.05, 0.1) is 12.7 Å². The normalized spacial score (nSPS) is 11.2. The Morgan fingerprint density at radius 3 is 2.72 bits per heavy atom. The first kappa shape index (κ1) is 12.8. The van der Waals surface area contributed by atoms with Crippen LogP contribution >= 0.6 is 11.6 Å². The van der Waals surface area contributed by atoms with Gasteiger partial charge in [-0.25, -0.2) is 4.98 Å². The highest BCUT2D eigenvalue weighted by molar-refractivity contribution is 6.29. The van der Waals surface area contributed by atoms with Gasteiger partial charge in [-0.15, -0.1) is 0 Å². The zero-order chi connectivity index (χ0) is 13.3. The molecule has 0 N–H and O–H groups in total. The van der Waals surface area contributed by atoms with Gasteiger partial charge in [-0.05, 0) is 0 Å². The van der Waals surface area contributed by atoms with Crippen LogP contribution in [0.2, 0.25) is 5.15 Å². The number of hydrogen-bond donors (Lipinski definition) is 0. The first-order chi connectivity index (χ1) is 8.47. The fraction of sp³-hybridized carbons (Fsp3) is 0.417. The average molecular weight is 267 g/mol. The summed E-state index contributed by atoms with van der Waals surface area (Å²) in [5.74, 6) is 0.824. The fourth-order valence-corrected chi connectivity index (χ4v) is 2.01. The third-order valence-corrected chi connectivity index (χ3v) is 2.82. The van der Waals surface area contributed by atoms with Crippen molar-refractivity contribution in [2.24, 2.45) is 7.05 Å². The third-order valence-electron chi connectivity index (χ3n) is 2.62. The van der Waals surface area contributed by atoms with Crippen molar-refractivity contribution >= 4 is 11.6 Å². The molecule has 0 atom stereocenters. The Balaban J connectivity index is 2.46. The van der Waals surface area contributed by atoms with Gasteiger partial charge in [-0.2, -0.15) is 5.10 Å². The van der Waals surface area contributed by atoms with Crippen LogP contribution in [-0.2, 0) is 13.6 Å². The molecule has 0 unspecified atom stereocenters. The summed E-state index contributed by atoms with van der Waals surface area (Å²) in [5, 5.41) is 4.33. The van der Waals surface area contributed by atoms with E-state index in [1.165, 1.54) is 6.07 Å². The van der Waals surface area contributed by atoms with Crippen molar-refractivity contribution in [2.75, 3.05) is 0 Å². The van der Waals surface area contributed by atoms with Crippen LogP contribution in [0.4, 0.5) is 0 Å². The Hall–Kier alpha value is -1.62. The second-order valence-corrected chi connectivity index (χ2v) is 4.93. The lowest BCUT2D eigenvalue weighted by atomic mass is 10.2. The lowest BCUT2D eigenvalue weighted by Gasteiger charge is -2.13. The number of nitrogens with zero attached hydrogens (tertiary/aromatic N) is 4. The van der Waals surface area contributed by atoms with Crippen molar-refractivity contribution in [3.8, 4) is 0 Å². The van der Waals surface area contributed by atoms with E-state index in [-0.39, 0.29) is 16.6 Å². The minimum absolute atomic E-state index is 0.132. The largest absolute Gasteiger partial charge is 0.292 e. The predicted molar refractivity (Wildman–Crippen MR) is 69.9 cm³/mol. The second kappa shape index (κ2) is 4.94. The van der Waals surface area contributed by atoms with Crippen molar-refractivity contribution in [3.63, 3.8) is 0 Å². The number of halogens is 1. The predicted octanol–water partition coefficient (Wildman–Crippen LogP) is 1.80. The van der Waals surface area contributed by atoms with Gasteiger partial charge in [0.1, 0.15) is 11.0 Å². The van der Waals surface area contributed by atoms with Crippen molar-refractivity contribution < 1.29 is 0 Å². The standard InChI is InChI=1S/C12H15ClN4O/c1-8(2)12-15-10(13)4-11(18)17(12)7-9-5-14-16(3)6-9/h4-6,8H,7H2,1-3H3. The molecule has 0 spiro atoms. The second-order valence-electron chi connectivity index (χ2n) is 4.54. The lowest BCUT2D eigenvalue weighted by molar-refractivity contribution is 0.624. The van der Waals surface area contributed by atoms with Crippen LogP contribution in [0.15, 0.2) is 23.3 Å². The highest BCUT2D eigenvalue weighted by Gasteiger charge is 2.12. The van der Waals surface area contributed by atoms with Crippen LogP contribution < -0.4 is 5.56 Å². The molecule has 2 aromatic rings. The molecule has 0 aliphatic rings. The SMILES string of the molecule is CC(C)c1nc(Cl)cc(=O)n1Cc1cnn(C)c1. The summed E-state index contributed by atoms with van der Waals surface area (Å²) < 4.78 is 3.34. The van der Waals surface area contributed by atoms with E-state index in [1.807, 2.05) is 27.1 Å². The fourth-order valence-electron chi connectivity index (χ4n) is 1.83. The van der Waals surface area contributed by atoms with Gasteiger partial charge >= 0.3 is 0 Å². The van der Waals surface area contributed by atoms with E-state index >= 15 is 0 Å². The van der Waals surface area contributed by atoms with Gasteiger partial charge in [0, 0.05) is 30.8 Å². The maximum absolute atomic E-state index is 12.0. The first-order valence-electron chi connectivity index (χ1n) is 5.72. The van der Waals surface area contributed by atoms with Gasteiger partial charge in [0.25, 0.3) is 5.56 Å². The number of hydrogen-bond acceptors (Lipinski definition) is 3. The van der Waals surface area contributed by atoms with Crippen molar-refractivity contribution in [2.45, 2.75) is 26.3 Å². The molecule has 96 valence electrons. The monoisotopic (exact) mass is 266 g/mol. The molecule has 0 saturated heterocycles. The third kappa shape index (κ3) is 2.61. The summed E-state index contributed by atoms with van der Waals surface area (Å²) in [6.07, 6.45) is 3.62. The summed E-state index contributed by atoms with van der Waals surface area (Å²) in [7, 11) is 1.84. The summed E-state index contributed by atoms with van der Waals surface area (Å²) in [6, 6.07) is 1.34. The van der Waals surface area contributed by atoms with Crippen molar-refractivity contribution in [1.29, 1.82) is 0 Å². The molecule has 0 saturated carbocycles. The summed E-state index contributed by atoms with van der Waals surface area (Å²) in [5.41, 5.74) is 0.827. The van der Waals surface area contributed by atoms with Gasteiger partial charge in [0.15, 0.2) is 0 Å². The van der Waals surface area contributed by atoms with Gasteiger partial charge in [-0.1, -0.05) is 25.4 Å². The molecule has 0 radical (unpaired) electrons. The molecule has 0 aliphatic carbocycles. The van der Waals surface area contributed by atoms with E-state index in [0.29, 0.717) is 12.4 Å². The van der Waals surface area contributed by atoms with Crippen LogP contribution in [-0.4, -0.2) is 19.3 Å². The number of aryl methyl sites for hydroxylation is 1. The van der Waals surface area contributed by atoms with E-state index in [9.17, 15) is 4.79 Å². The molecule has 0 aliphatic heterocycles. The summed E-state index contributed by atoms with van der Waals surface area (Å²) in [6.45, 7) is 4.43. The topological polar surface area (TPSA) is 52.7 Å². The van der Waals surface area contributed by atoms with Gasteiger partial charge < -0.3 is 0 Å². The van der Waals surface area contributed by atoms with Crippen LogP contribution in [0, 0.1) is 0 Å². The lowest BCUT2D eigenvalue weighted by Crippen LogP contribution is -2.25. The molecule has 18 heavy (non-hydrogen) atoms. The Bertz CT molecular complexity index is 615. The van der Waals surface area contributed by atoms with E-state index in [4.69, 9.17) is 11.6 Å². The van der Waals surface area contributed by atoms with E-state index in [2.05, 4.69) is 10.1 Å². The molecule has 2 heterocycles. The molecule has 2 rings (SSSR count). The zero-order valence-electron chi connectivity index (χ0n) is 10.6. The van der Waals surface area contributed by atoms with Gasteiger partial charge in [0.2, 0.25) is 0 Å². The Kier molecular flexibility index (Phi) is 3.52. The minimum atomic E-state index is -0.137. The number of aromatic nitrogens is 4. The van der Waals surface area contributed by atoms with Crippen molar-refractivity contribution in [3.05, 3.63) is 45.4 Å². The van der Waals surface area contributed by atoms with E-state index < -0.39 is 0 Å². The molecule has 0 amide bonds. The summed E-state index contributed by atoms with van der Waals surface area (Å²) >= 11 is 5.83. The Morgan fingerprint density at radius 2 is 2.17 bits per heavy atom. The highest BCUT2D eigenvalue weighted by Crippen LogP contribution is 2.14. The van der Waals surface area contributed by atoms with Crippen LogP contribution in [0.5, 0.6) is 0 Å².